The lowest BCUT2D eigenvalue weighted by Crippen LogP contribution is -2.23. The van der Waals surface area contributed by atoms with Crippen LogP contribution in [-0.4, -0.2) is 20.6 Å². The first kappa shape index (κ1) is 17.5. The molecule has 0 radical (unpaired) electrons. The fourth-order valence-corrected chi connectivity index (χ4v) is 3.79. The summed E-state index contributed by atoms with van der Waals surface area (Å²) in [5.74, 6) is -0.388. The molecule has 2 aromatic carbocycles. The highest BCUT2D eigenvalue weighted by Gasteiger charge is 2.18. The van der Waals surface area contributed by atoms with E-state index < -0.39 is 0 Å². The van der Waals surface area contributed by atoms with E-state index in [-0.39, 0.29) is 5.91 Å². The second-order valence-electron chi connectivity index (χ2n) is 7.14. The standard InChI is InChI=1S/C22H24N4O/c23-22(27)19-9-4-8-18(12-19)15-25(14-17-6-2-1-3-7-17)16-20-13-24-26-11-5-10-21(20)26/h1-4,6-9,12-13H,5,10-11,14-16H2,(H2,23,27). The number of aromatic nitrogens is 2. The minimum Gasteiger partial charge on any atom is -0.366 e. The van der Waals surface area contributed by atoms with Gasteiger partial charge in [0.15, 0.2) is 0 Å². The number of fused-ring (bicyclic) bond motifs is 1. The van der Waals surface area contributed by atoms with Gasteiger partial charge in [0, 0.05) is 43.0 Å². The van der Waals surface area contributed by atoms with E-state index in [0.29, 0.717) is 5.56 Å². The summed E-state index contributed by atoms with van der Waals surface area (Å²) in [5, 5.41) is 4.53. The molecule has 0 aliphatic carbocycles. The van der Waals surface area contributed by atoms with E-state index in [2.05, 4.69) is 38.9 Å². The summed E-state index contributed by atoms with van der Waals surface area (Å²) in [4.78, 5) is 13.9. The van der Waals surface area contributed by atoms with Crippen molar-refractivity contribution in [1.82, 2.24) is 14.7 Å². The van der Waals surface area contributed by atoms with Crippen molar-refractivity contribution in [3.8, 4) is 0 Å². The Labute approximate surface area is 159 Å². The number of nitrogens with zero attached hydrogens (tertiary/aromatic N) is 3. The summed E-state index contributed by atoms with van der Waals surface area (Å²) in [6.07, 6.45) is 4.29. The Bertz CT molecular complexity index is 932. The fraction of sp³-hybridized carbons (Fsp3) is 0.273. The van der Waals surface area contributed by atoms with Crippen LogP contribution >= 0.6 is 0 Å². The molecule has 0 bridgehead atoms. The number of carbonyl (C=O) groups excluding carboxylic acids is 1. The van der Waals surface area contributed by atoms with Gasteiger partial charge in [0.2, 0.25) is 5.91 Å². The fourth-order valence-electron chi connectivity index (χ4n) is 3.79. The minimum absolute atomic E-state index is 0.388. The Kier molecular flexibility index (Phi) is 5.03. The van der Waals surface area contributed by atoms with Gasteiger partial charge in [0.05, 0.1) is 6.20 Å². The molecule has 138 valence electrons. The molecule has 5 heteroatoms. The van der Waals surface area contributed by atoms with Gasteiger partial charge >= 0.3 is 0 Å². The average molecular weight is 360 g/mol. The van der Waals surface area contributed by atoms with Crippen molar-refractivity contribution in [3.05, 3.63) is 88.7 Å². The summed E-state index contributed by atoms with van der Waals surface area (Å²) < 4.78 is 2.13. The zero-order chi connectivity index (χ0) is 18.6. The first-order chi connectivity index (χ1) is 13.2. The van der Waals surface area contributed by atoms with E-state index in [1.165, 1.54) is 23.2 Å². The number of hydrogen-bond acceptors (Lipinski definition) is 3. The molecule has 0 unspecified atom stereocenters. The van der Waals surface area contributed by atoms with Crippen LogP contribution in [-0.2, 0) is 32.6 Å². The molecule has 1 aliphatic heterocycles. The molecule has 0 atom stereocenters. The lowest BCUT2D eigenvalue weighted by Gasteiger charge is -2.23. The third-order valence-corrected chi connectivity index (χ3v) is 5.08. The van der Waals surface area contributed by atoms with E-state index in [4.69, 9.17) is 5.73 Å². The average Bonchev–Trinajstić information content (AvgIpc) is 3.28. The van der Waals surface area contributed by atoms with Gasteiger partial charge < -0.3 is 5.73 Å². The molecule has 3 aromatic rings. The molecule has 0 saturated carbocycles. The summed E-state index contributed by atoms with van der Waals surface area (Å²) in [5.41, 5.74) is 11.0. The molecular weight excluding hydrogens is 336 g/mol. The third kappa shape index (κ3) is 4.09. The van der Waals surface area contributed by atoms with Crippen molar-refractivity contribution in [2.75, 3.05) is 0 Å². The van der Waals surface area contributed by atoms with Gasteiger partial charge in [-0.1, -0.05) is 42.5 Å². The number of amides is 1. The Hall–Kier alpha value is -2.92. The lowest BCUT2D eigenvalue weighted by molar-refractivity contribution is 0.1000. The summed E-state index contributed by atoms with van der Waals surface area (Å²) in [7, 11) is 0. The van der Waals surface area contributed by atoms with Crippen LogP contribution in [0.25, 0.3) is 0 Å². The third-order valence-electron chi connectivity index (χ3n) is 5.08. The highest BCUT2D eigenvalue weighted by atomic mass is 16.1. The summed E-state index contributed by atoms with van der Waals surface area (Å²) >= 11 is 0. The molecule has 1 aliphatic rings. The Morgan fingerprint density at radius 3 is 2.63 bits per heavy atom. The maximum atomic E-state index is 11.5. The number of primary amides is 1. The highest BCUT2D eigenvalue weighted by Crippen LogP contribution is 2.22. The molecule has 1 amide bonds. The lowest BCUT2D eigenvalue weighted by atomic mass is 10.1. The van der Waals surface area contributed by atoms with Crippen molar-refractivity contribution < 1.29 is 4.79 Å². The number of aryl methyl sites for hydroxylation is 1. The largest absolute Gasteiger partial charge is 0.366 e. The Morgan fingerprint density at radius 1 is 1.04 bits per heavy atom. The van der Waals surface area contributed by atoms with Crippen LogP contribution in [0.4, 0.5) is 0 Å². The van der Waals surface area contributed by atoms with Gasteiger partial charge in [-0.15, -0.1) is 0 Å². The first-order valence-corrected chi connectivity index (χ1v) is 9.37. The Morgan fingerprint density at radius 2 is 1.81 bits per heavy atom. The van der Waals surface area contributed by atoms with E-state index in [0.717, 1.165) is 38.2 Å². The second-order valence-corrected chi connectivity index (χ2v) is 7.14. The number of carbonyl (C=O) groups is 1. The van der Waals surface area contributed by atoms with Crippen molar-refractivity contribution in [1.29, 1.82) is 0 Å². The van der Waals surface area contributed by atoms with Gasteiger partial charge in [-0.25, -0.2) is 0 Å². The molecule has 27 heavy (non-hydrogen) atoms. The summed E-state index contributed by atoms with van der Waals surface area (Å²) in [6, 6.07) is 18.1. The predicted octanol–water partition coefficient (Wildman–Crippen LogP) is 3.13. The van der Waals surface area contributed by atoms with Crippen LogP contribution in [0, 0.1) is 0 Å². The monoisotopic (exact) mass is 360 g/mol. The number of hydrogen-bond donors (Lipinski definition) is 1. The topological polar surface area (TPSA) is 64.2 Å². The number of nitrogens with two attached hydrogens (primary N) is 1. The smallest absolute Gasteiger partial charge is 0.248 e. The molecule has 0 saturated heterocycles. The van der Waals surface area contributed by atoms with E-state index in [1.807, 2.05) is 30.5 Å². The molecule has 2 heterocycles. The zero-order valence-corrected chi connectivity index (χ0v) is 15.3. The van der Waals surface area contributed by atoms with Crippen LogP contribution < -0.4 is 5.73 Å². The molecule has 5 nitrogen and oxygen atoms in total. The van der Waals surface area contributed by atoms with Crippen molar-refractivity contribution in [2.24, 2.45) is 5.73 Å². The summed E-state index contributed by atoms with van der Waals surface area (Å²) in [6.45, 7) is 3.45. The van der Waals surface area contributed by atoms with Crippen LogP contribution in [0.1, 0.15) is 39.2 Å². The zero-order valence-electron chi connectivity index (χ0n) is 15.3. The van der Waals surface area contributed by atoms with Gasteiger partial charge in [0.25, 0.3) is 0 Å². The molecule has 0 fully saturated rings. The molecule has 1 aromatic heterocycles. The van der Waals surface area contributed by atoms with Gasteiger partial charge in [-0.2, -0.15) is 5.10 Å². The maximum absolute atomic E-state index is 11.5. The highest BCUT2D eigenvalue weighted by molar-refractivity contribution is 5.92. The van der Waals surface area contributed by atoms with Crippen LogP contribution in [0.3, 0.4) is 0 Å². The first-order valence-electron chi connectivity index (χ1n) is 9.37. The normalized spacial score (nSPS) is 13.1. The van der Waals surface area contributed by atoms with E-state index in [9.17, 15) is 4.79 Å². The van der Waals surface area contributed by atoms with E-state index >= 15 is 0 Å². The number of rotatable bonds is 7. The van der Waals surface area contributed by atoms with Crippen LogP contribution in [0.5, 0.6) is 0 Å². The Balaban J connectivity index is 1.57. The second kappa shape index (κ2) is 7.76. The van der Waals surface area contributed by atoms with Gasteiger partial charge in [0.1, 0.15) is 0 Å². The van der Waals surface area contributed by atoms with Gasteiger partial charge in [-0.05, 0) is 36.1 Å². The number of benzene rings is 2. The predicted molar refractivity (Wildman–Crippen MR) is 105 cm³/mol. The van der Waals surface area contributed by atoms with Gasteiger partial charge in [-0.3, -0.25) is 14.4 Å². The minimum atomic E-state index is -0.388. The molecular formula is C22H24N4O. The molecule has 4 rings (SSSR count). The van der Waals surface area contributed by atoms with Crippen molar-refractivity contribution in [2.45, 2.75) is 39.0 Å². The van der Waals surface area contributed by atoms with Crippen LogP contribution in [0.2, 0.25) is 0 Å². The molecule has 2 N–H and O–H groups in total. The van der Waals surface area contributed by atoms with E-state index in [1.54, 1.807) is 6.07 Å². The molecule has 0 spiro atoms. The van der Waals surface area contributed by atoms with Crippen molar-refractivity contribution >= 4 is 5.91 Å². The quantitative estimate of drug-likeness (QED) is 0.704. The SMILES string of the molecule is NC(=O)c1cccc(CN(Cc2ccccc2)Cc2cnn3c2CCC3)c1. The maximum Gasteiger partial charge on any atom is 0.248 e. The van der Waals surface area contributed by atoms with Crippen molar-refractivity contribution in [3.63, 3.8) is 0 Å². The van der Waals surface area contributed by atoms with Crippen LogP contribution in [0.15, 0.2) is 60.8 Å².